The molecule has 122 valence electrons. The molecule has 3 rings (SSSR count). The van der Waals surface area contributed by atoms with Gasteiger partial charge in [0.05, 0.1) is 10.6 Å². The van der Waals surface area contributed by atoms with E-state index in [0.29, 0.717) is 0 Å². The first-order valence-corrected chi connectivity index (χ1v) is 9.83. The Kier molecular flexibility index (Phi) is 4.46. The monoisotopic (exact) mass is 358 g/mol. The molecule has 0 aliphatic rings. The standard InChI is InChI=1S/C17H14N2O3S2/c1-24(21,22)15-10-6-5-9-13(15)18-16(20)14-11-23-17(19-14)12-7-3-2-4-8-12/h2-11H,1H3,(H,18,20). The Morgan fingerprint density at radius 1 is 1.04 bits per heavy atom. The SMILES string of the molecule is CS(=O)(=O)c1ccccc1NC(=O)c1csc(-c2ccccc2)n1. The molecule has 0 saturated carbocycles. The van der Waals surface area contributed by atoms with Gasteiger partial charge < -0.3 is 5.32 Å². The van der Waals surface area contributed by atoms with E-state index in [9.17, 15) is 13.2 Å². The fourth-order valence-electron chi connectivity index (χ4n) is 2.17. The maximum atomic E-state index is 12.4. The van der Waals surface area contributed by atoms with Gasteiger partial charge in [-0.25, -0.2) is 13.4 Å². The van der Waals surface area contributed by atoms with Crippen LogP contribution in [-0.2, 0) is 9.84 Å². The molecule has 0 radical (unpaired) electrons. The molecule has 0 aliphatic carbocycles. The number of thiazole rings is 1. The van der Waals surface area contributed by atoms with Crippen molar-refractivity contribution in [1.29, 1.82) is 0 Å². The topological polar surface area (TPSA) is 76.1 Å². The molecule has 0 saturated heterocycles. The number of nitrogens with zero attached hydrogens (tertiary/aromatic N) is 1. The van der Waals surface area contributed by atoms with Crippen LogP contribution < -0.4 is 5.32 Å². The summed E-state index contributed by atoms with van der Waals surface area (Å²) < 4.78 is 23.6. The third-order valence-electron chi connectivity index (χ3n) is 3.29. The van der Waals surface area contributed by atoms with Crippen molar-refractivity contribution in [3.8, 4) is 10.6 Å². The zero-order valence-electron chi connectivity index (χ0n) is 12.8. The molecule has 1 N–H and O–H groups in total. The molecule has 0 unspecified atom stereocenters. The van der Waals surface area contributed by atoms with Crippen LogP contribution in [0.3, 0.4) is 0 Å². The number of aromatic nitrogens is 1. The molecule has 7 heteroatoms. The highest BCUT2D eigenvalue weighted by atomic mass is 32.2. The molecule has 24 heavy (non-hydrogen) atoms. The predicted octanol–water partition coefficient (Wildman–Crippen LogP) is 3.47. The number of benzene rings is 2. The van der Waals surface area contributed by atoms with Crippen LogP contribution in [0.4, 0.5) is 5.69 Å². The normalized spacial score (nSPS) is 11.2. The van der Waals surface area contributed by atoms with Crippen LogP contribution >= 0.6 is 11.3 Å². The second-order valence-electron chi connectivity index (χ2n) is 5.13. The van der Waals surface area contributed by atoms with Gasteiger partial charge in [-0.3, -0.25) is 4.79 Å². The van der Waals surface area contributed by atoms with E-state index in [1.165, 1.54) is 17.4 Å². The molecule has 0 aliphatic heterocycles. The van der Waals surface area contributed by atoms with Crippen molar-refractivity contribution in [2.45, 2.75) is 4.90 Å². The number of carbonyl (C=O) groups is 1. The van der Waals surface area contributed by atoms with Gasteiger partial charge in [-0.05, 0) is 12.1 Å². The fourth-order valence-corrected chi connectivity index (χ4v) is 3.82. The van der Waals surface area contributed by atoms with Crippen LogP contribution in [0.5, 0.6) is 0 Å². The highest BCUT2D eigenvalue weighted by Gasteiger charge is 2.17. The van der Waals surface area contributed by atoms with E-state index in [0.717, 1.165) is 16.8 Å². The van der Waals surface area contributed by atoms with Crippen molar-refractivity contribution in [2.24, 2.45) is 0 Å². The third kappa shape index (κ3) is 3.52. The van der Waals surface area contributed by atoms with Crippen molar-refractivity contribution in [3.05, 3.63) is 65.7 Å². The Hall–Kier alpha value is -2.51. The molecule has 0 atom stereocenters. The van der Waals surface area contributed by atoms with E-state index >= 15 is 0 Å². The second-order valence-corrected chi connectivity index (χ2v) is 7.97. The molecule has 1 aromatic heterocycles. The molecule has 3 aromatic rings. The summed E-state index contributed by atoms with van der Waals surface area (Å²) in [6, 6.07) is 15.8. The van der Waals surface area contributed by atoms with Gasteiger partial charge in [0.2, 0.25) is 0 Å². The number of rotatable bonds is 4. The predicted molar refractivity (Wildman–Crippen MR) is 95.1 cm³/mol. The lowest BCUT2D eigenvalue weighted by Gasteiger charge is -2.08. The smallest absolute Gasteiger partial charge is 0.275 e. The van der Waals surface area contributed by atoms with E-state index in [-0.39, 0.29) is 16.3 Å². The largest absolute Gasteiger partial charge is 0.319 e. The minimum absolute atomic E-state index is 0.0804. The fraction of sp³-hybridized carbons (Fsp3) is 0.0588. The van der Waals surface area contributed by atoms with Crippen molar-refractivity contribution in [1.82, 2.24) is 4.98 Å². The lowest BCUT2D eigenvalue weighted by Crippen LogP contribution is -2.14. The highest BCUT2D eigenvalue weighted by molar-refractivity contribution is 7.90. The zero-order valence-corrected chi connectivity index (χ0v) is 14.4. The maximum Gasteiger partial charge on any atom is 0.275 e. The Morgan fingerprint density at radius 2 is 1.71 bits per heavy atom. The molecule has 5 nitrogen and oxygen atoms in total. The quantitative estimate of drug-likeness (QED) is 0.775. The number of hydrogen-bond donors (Lipinski definition) is 1. The molecule has 0 fully saturated rings. The Labute approximate surface area is 143 Å². The summed E-state index contributed by atoms with van der Waals surface area (Å²) in [6.45, 7) is 0. The van der Waals surface area contributed by atoms with E-state index in [4.69, 9.17) is 0 Å². The number of sulfone groups is 1. The average molecular weight is 358 g/mol. The Balaban J connectivity index is 1.86. The van der Waals surface area contributed by atoms with Gasteiger partial charge in [-0.15, -0.1) is 11.3 Å². The lowest BCUT2D eigenvalue weighted by atomic mass is 10.2. The minimum atomic E-state index is -3.43. The number of nitrogens with one attached hydrogen (secondary N) is 1. The molecular formula is C17H14N2O3S2. The van der Waals surface area contributed by atoms with Crippen LogP contribution in [0.25, 0.3) is 10.6 Å². The van der Waals surface area contributed by atoms with Crippen LogP contribution in [0.2, 0.25) is 0 Å². The Morgan fingerprint density at radius 3 is 2.42 bits per heavy atom. The molecule has 1 heterocycles. The number of hydrogen-bond acceptors (Lipinski definition) is 5. The summed E-state index contributed by atoms with van der Waals surface area (Å²) in [5, 5.41) is 5.01. The van der Waals surface area contributed by atoms with Gasteiger partial charge in [-0.1, -0.05) is 42.5 Å². The number of para-hydroxylation sites is 1. The van der Waals surface area contributed by atoms with Gasteiger partial charge >= 0.3 is 0 Å². The highest BCUT2D eigenvalue weighted by Crippen LogP contribution is 2.25. The lowest BCUT2D eigenvalue weighted by molar-refractivity contribution is 0.102. The summed E-state index contributed by atoms with van der Waals surface area (Å²) in [5.74, 6) is -0.440. The summed E-state index contributed by atoms with van der Waals surface area (Å²) in [7, 11) is -3.43. The molecular weight excluding hydrogens is 344 g/mol. The van der Waals surface area contributed by atoms with Crippen LogP contribution in [0, 0.1) is 0 Å². The maximum absolute atomic E-state index is 12.4. The Bertz CT molecular complexity index is 980. The first-order valence-electron chi connectivity index (χ1n) is 7.06. The van der Waals surface area contributed by atoms with Crippen molar-refractivity contribution < 1.29 is 13.2 Å². The van der Waals surface area contributed by atoms with Crippen LogP contribution in [-0.4, -0.2) is 25.6 Å². The van der Waals surface area contributed by atoms with Crippen molar-refractivity contribution in [3.63, 3.8) is 0 Å². The van der Waals surface area contributed by atoms with Crippen molar-refractivity contribution in [2.75, 3.05) is 11.6 Å². The van der Waals surface area contributed by atoms with Gasteiger partial charge in [0, 0.05) is 17.2 Å². The summed E-state index contributed by atoms with van der Waals surface area (Å²) in [6.07, 6.45) is 1.11. The first-order chi connectivity index (χ1) is 11.4. The number of anilines is 1. The summed E-state index contributed by atoms with van der Waals surface area (Å²) >= 11 is 1.36. The zero-order chi connectivity index (χ0) is 17.2. The van der Waals surface area contributed by atoms with E-state index in [2.05, 4.69) is 10.3 Å². The van der Waals surface area contributed by atoms with Gasteiger partial charge in [-0.2, -0.15) is 0 Å². The number of carbonyl (C=O) groups excluding carboxylic acids is 1. The molecule has 1 amide bonds. The third-order valence-corrected chi connectivity index (χ3v) is 5.34. The van der Waals surface area contributed by atoms with Crippen LogP contribution in [0.1, 0.15) is 10.5 Å². The van der Waals surface area contributed by atoms with E-state index < -0.39 is 15.7 Å². The minimum Gasteiger partial charge on any atom is -0.319 e. The summed E-state index contributed by atoms with van der Waals surface area (Å²) in [4.78, 5) is 16.8. The molecule has 2 aromatic carbocycles. The number of amides is 1. The van der Waals surface area contributed by atoms with Crippen molar-refractivity contribution >= 4 is 32.8 Å². The molecule has 0 spiro atoms. The first kappa shape index (κ1) is 16.4. The summed E-state index contributed by atoms with van der Waals surface area (Å²) in [5.41, 5.74) is 1.43. The van der Waals surface area contributed by atoms with Gasteiger partial charge in [0.1, 0.15) is 10.7 Å². The van der Waals surface area contributed by atoms with E-state index in [1.54, 1.807) is 23.6 Å². The van der Waals surface area contributed by atoms with Crippen LogP contribution in [0.15, 0.2) is 64.9 Å². The second kappa shape index (κ2) is 6.54. The average Bonchev–Trinajstić information content (AvgIpc) is 3.05. The van der Waals surface area contributed by atoms with E-state index in [1.807, 2.05) is 30.3 Å². The van der Waals surface area contributed by atoms with Gasteiger partial charge in [0.25, 0.3) is 5.91 Å². The van der Waals surface area contributed by atoms with Gasteiger partial charge in [0.15, 0.2) is 9.84 Å². The molecule has 0 bridgehead atoms.